The number of benzene rings is 4. The highest BCUT2D eigenvalue weighted by Gasteiger charge is 2.13. The van der Waals surface area contributed by atoms with Crippen molar-refractivity contribution in [3.8, 4) is 11.5 Å². The summed E-state index contributed by atoms with van der Waals surface area (Å²) in [7, 11) is 3.10. The number of anilines is 1. The van der Waals surface area contributed by atoms with Gasteiger partial charge in [-0.1, -0.05) is 54.6 Å². The summed E-state index contributed by atoms with van der Waals surface area (Å²) in [5.41, 5.74) is 2.36. The molecule has 0 fully saturated rings. The molecule has 5 rings (SSSR count). The van der Waals surface area contributed by atoms with E-state index < -0.39 is 0 Å². The number of carbonyl (C=O) groups is 2. The summed E-state index contributed by atoms with van der Waals surface area (Å²) in [6.45, 7) is 1.03. The highest BCUT2D eigenvalue weighted by Crippen LogP contribution is 2.31. The lowest BCUT2D eigenvalue weighted by atomic mass is 10.1. The molecule has 0 saturated heterocycles. The van der Waals surface area contributed by atoms with E-state index in [-0.39, 0.29) is 17.6 Å². The first-order valence-electron chi connectivity index (χ1n) is 12.6. The molecule has 39 heavy (non-hydrogen) atoms. The normalized spacial score (nSPS) is 10.9. The van der Waals surface area contributed by atoms with E-state index in [0.29, 0.717) is 30.2 Å². The number of methoxy groups -OCH3 is 2. The Morgan fingerprint density at radius 2 is 1.59 bits per heavy atom. The number of para-hydroxylation sites is 1. The third-order valence-corrected chi connectivity index (χ3v) is 7.50. The van der Waals surface area contributed by atoms with Crippen LogP contribution >= 0.6 is 11.8 Å². The fourth-order valence-corrected chi connectivity index (χ4v) is 5.44. The number of nitrogens with zero attached hydrogens (tertiary/aromatic N) is 1. The van der Waals surface area contributed by atoms with Crippen LogP contribution in [0, 0.1) is 0 Å². The average Bonchev–Trinajstić information content (AvgIpc) is 3.33. The van der Waals surface area contributed by atoms with Crippen molar-refractivity contribution in [1.29, 1.82) is 0 Å². The smallest absolute Gasteiger partial charge is 0.251 e. The third-order valence-electron chi connectivity index (χ3n) is 6.46. The summed E-state index contributed by atoms with van der Waals surface area (Å²) in [5, 5.41) is 9.21. The molecule has 198 valence electrons. The van der Waals surface area contributed by atoms with Crippen LogP contribution in [0.3, 0.4) is 0 Å². The Hall–Kier alpha value is -4.43. The summed E-state index contributed by atoms with van der Waals surface area (Å²) >= 11 is 1.50. The van der Waals surface area contributed by atoms with Crippen LogP contribution in [0.2, 0.25) is 0 Å². The monoisotopic (exact) mass is 539 g/mol. The van der Waals surface area contributed by atoms with Gasteiger partial charge in [0.25, 0.3) is 5.91 Å². The van der Waals surface area contributed by atoms with Gasteiger partial charge in [0.1, 0.15) is 0 Å². The number of fused-ring (bicyclic) bond motifs is 2. The Bertz CT molecular complexity index is 1640. The second kappa shape index (κ2) is 12.0. The first kappa shape index (κ1) is 26.2. The van der Waals surface area contributed by atoms with Gasteiger partial charge in [-0.3, -0.25) is 9.59 Å². The van der Waals surface area contributed by atoms with E-state index >= 15 is 0 Å². The molecule has 0 aliphatic rings. The first-order chi connectivity index (χ1) is 19.1. The summed E-state index contributed by atoms with van der Waals surface area (Å²) < 4.78 is 12.7. The maximum absolute atomic E-state index is 12.8. The Labute approximate surface area is 231 Å². The molecule has 5 aromatic rings. The SMILES string of the molecule is COc1ccc(C(=O)NCCn2cc(SCC(=O)Nc3cccc4ccccc34)c3ccccc32)cc1OC. The highest BCUT2D eigenvalue weighted by molar-refractivity contribution is 8.00. The molecular weight excluding hydrogens is 510 g/mol. The Kier molecular flexibility index (Phi) is 8.03. The molecule has 1 aromatic heterocycles. The van der Waals surface area contributed by atoms with E-state index in [9.17, 15) is 9.59 Å². The van der Waals surface area contributed by atoms with Crippen LogP contribution in [0.25, 0.3) is 21.7 Å². The van der Waals surface area contributed by atoms with E-state index in [4.69, 9.17) is 9.47 Å². The fraction of sp³-hybridized carbons (Fsp3) is 0.161. The number of hydrogen-bond donors (Lipinski definition) is 2. The predicted molar refractivity (Wildman–Crippen MR) is 157 cm³/mol. The summed E-state index contributed by atoms with van der Waals surface area (Å²) in [4.78, 5) is 26.6. The second-order valence-corrected chi connectivity index (χ2v) is 9.91. The highest BCUT2D eigenvalue weighted by atomic mass is 32.2. The minimum absolute atomic E-state index is 0.0598. The Morgan fingerprint density at radius 1 is 0.846 bits per heavy atom. The summed E-state index contributed by atoms with van der Waals surface area (Å²) in [5.74, 6) is 1.12. The lowest BCUT2D eigenvalue weighted by Crippen LogP contribution is -2.27. The molecule has 0 aliphatic heterocycles. The first-order valence-corrected chi connectivity index (χ1v) is 13.5. The zero-order valence-electron chi connectivity index (χ0n) is 21.8. The third kappa shape index (κ3) is 5.86. The lowest BCUT2D eigenvalue weighted by Gasteiger charge is -2.10. The van der Waals surface area contributed by atoms with Crippen molar-refractivity contribution >= 4 is 50.9 Å². The second-order valence-electron chi connectivity index (χ2n) is 8.89. The van der Waals surface area contributed by atoms with E-state index in [1.165, 1.54) is 11.8 Å². The Balaban J connectivity index is 1.23. The van der Waals surface area contributed by atoms with Crippen molar-refractivity contribution in [3.63, 3.8) is 0 Å². The van der Waals surface area contributed by atoms with Gasteiger partial charge in [-0.15, -0.1) is 11.8 Å². The van der Waals surface area contributed by atoms with Crippen LogP contribution in [0.1, 0.15) is 10.4 Å². The van der Waals surface area contributed by atoms with Crippen molar-refractivity contribution in [1.82, 2.24) is 9.88 Å². The molecule has 0 spiro atoms. The van der Waals surface area contributed by atoms with E-state index in [0.717, 1.165) is 32.3 Å². The molecule has 1 heterocycles. The van der Waals surface area contributed by atoms with E-state index in [1.54, 1.807) is 32.4 Å². The van der Waals surface area contributed by atoms with Gasteiger partial charge in [0.05, 0.1) is 20.0 Å². The van der Waals surface area contributed by atoms with Gasteiger partial charge in [-0.25, -0.2) is 0 Å². The summed E-state index contributed by atoms with van der Waals surface area (Å²) in [6.07, 6.45) is 2.04. The maximum Gasteiger partial charge on any atom is 0.251 e. The number of carbonyl (C=O) groups excluding carboxylic acids is 2. The van der Waals surface area contributed by atoms with Gasteiger partial charge in [0, 0.05) is 51.7 Å². The van der Waals surface area contributed by atoms with Crippen LogP contribution in [-0.2, 0) is 11.3 Å². The molecule has 7 nitrogen and oxygen atoms in total. The number of aromatic nitrogens is 1. The van der Waals surface area contributed by atoms with Gasteiger partial charge >= 0.3 is 0 Å². The molecule has 0 saturated carbocycles. The van der Waals surface area contributed by atoms with Crippen LogP contribution < -0.4 is 20.1 Å². The van der Waals surface area contributed by atoms with Crippen molar-refractivity contribution in [3.05, 3.63) is 96.7 Å². The van der Waals surface area contributed by atoms with Crippen molar-refractivity contribution in [2.75, 3.05) is 31.8 Å². The molecule has 0 bridgehead atoms. The predicted octanol–water partition coefficient (Wildman–Crippen LogP) is 5.97. The van der Waals surface area contributed by atoms with E-state index in [2.05, 4.69) is 21.3 Å². The van der Waals surface area contributed by atoms with E-state index in [1.807, 2.05) is 66.9 Å². The van der Waals surface area contributed by atoms with Crippen LogP contribution in [0.5, 0.6) is 11.5 Å². The number of ether oxygens (including phenoxy) is 2. The molecule has 8 heteroatoms. The number of amides is 2. The fourth-order valence-electron chi connectivity index (χ4n) is 4.55. The molecule has 0 unspecified atom stereocenters. The zero-order chi connectivity index (χ0) is 27.2. The van der Waals surface area contributed by atoms with Crippen molar-refractivity contribution in [2.45, 2.75) is 11.4 Å². The molecule has 0 atom stereocenters. The van der Waals surface area contributed by atoms with Crippen molar-refractivity contribution < 1.29 is 19.1 Å². The average molecular weight is 540 g/mol. The summed E-state index contributed by atoms with van der Waals surface area (Å²) in [6, 6.07) is 27.1. The molecule has 4 aromatic carbocycles. The number of thioether (sulfide) groups is 1. The number of rotatable bonds is 10. The topological polar surface area (TPSA) is 81.6 Å². The Morgan fingerprint density at radius 3 is 2.41 bits per heavy atom. The minimum Gasteiger partial charge on any atom is -0.493 e. The van der Waals surface area contributed by atoms with Crippen LogP contribution in [-0.4, -0.2) is 42.9 Å². The van der Waals surface area contributed by atoms with Crippen molar-refractivity contribution in [2.24, 2.45) is 0 Å². The zero-order valence-corrected chi connectivity index (χ0v) is 22.6. The standard InChI is InChI=1S/C31H29N3O4S/c1-37-27-15-14-22(18-28(27)38-2)31(36)32-16-17-34-19-29(24-11-5-6-13-26(24)34)39-20-30(35)33-25-12-7-9-21-8-3-4-10-23(21)25/h3-15,18-19H,16-17,20H2,1-2H3,(H,32,36)(H,33,35). The molecule has 0 aliphatic carbocycles. The van der Waals surface area contributed by atoms with Gasteiger partial charge < -0.3 is 24.7 Å². The molecular formula is C31H29N3O4S. The van der Waals surface area contributed by atoms with Gasteiger partial charge in [0.2, 0.25) is 5.91 Å². The van der Waals surface area contributed by atoms with Crippen LogP contribution in [0.4, 0.5) is 5.69 Å². The van der Waals surface area contributed by atoms with Gasteiger partial charge in [0.15, 0.2) is 11.5 Å². The minimum atomic E-state index is -0.188. The molecule has 2 amide bonds. The van der Waals surface area contributed by atoms with Gasteiger partial charge in [-0.2, -0.15) is 0 Å². The quantitative estimate of drug-likeness (QED) is 0.214. The molecule has 2 N–H and O–H groups in total. The van der Waals surface area contributed by atoms with Gasteiger partial charge in [-0.05, 0) is 35.7 Å². The lowest BCUT2D eigenvalue weighted by molar-refractivity contribution is -0.113. The maximum atomic E-state index is 12.8. The number of nitrogens with one attached hydrogen (secondary N) is 2. The largest absolute Gasteiger partial charge is 0.493 e. The number of hydrogen-bond acceptors (Lipinski definition) is 5. The van der Waals surface area contributed by atoms with Crippen LogP contribution in [0.15, 0.2) is 96.0 Å². The molecule has 0 radical (unpaired) electrons.